The van der Waals surface area contributed by atoms with Crippen LogP contribution in [0.5, 0.6) is 0 Å². The van der Waals surface area contributed by atoms with Gasteiger partial charge in [-0.3, -0.25) is 0 Å². The van der Waals surface area contributed by atoms with Crippen LogP contribution in [-0.2, 0) is 4.74 Å². The van der Waals surface area contributed by atoms with Crippen LogP contribution in [0.15, 0.2) is 6.07 Å². The summed E-state index contributed by atoms with van der Waals surface area (Å²) in [5.41, 5.74) is 6.08. The van der Waals surface area contributed by atoms with Crippen LogP contribution < -0.4 is 10.2 Å². The van der Waals surface area contributed by atoms with Crippen molar-refractivity contribution in [3.05, 3.63) is 10.9 Å². The summed E-state index contributed by atoms with van der Waals surface area (Å²) in [4.78, 5) is 11.5. The summed E-state index contributed by atoms with van der Waals surface area (Å²) in [6.07, 6.45) is 0. The Morgan fingerprint density at radius 3 is 2.82 bits per heavy atom. The first-order chi connectivity index (χ1) is 5.15. The SMILES string of the molecule is COC(=O)c1sc([SiH3])cc1N. The molecule has 2 N–H and O–H groups in total. The Labute approximate surface area is 71.6 Å². The van der Waals surface area contributed by atoms with Crippen LogP contribution in [0.25, 0.3) is 0 Å². The maximum Gasteiger partial charge on any atom is 0.350 e. The molecule has 60 valence electrons. The summed E-state index contributed by atoms with van der Waals surface area (Å²) < 4.78 is 5.69. The van der Waals surface area contributed by atoms with Crippen molar-refractivity contribution in [1.29, 1.82) is 0 Å². The molecule has 0 aromatic carbocycles. The molecule has 5 heteroatoms. The molecule has 1 aromatic heterocycles. The summed E-state index contributed by atoms with van der Waals surface area (Å²) in [7, 11) is 2.28. The second-order valence-electron chi connectivity index (χ2n) is 2.13. The lowest BCUT2D eigenvalue weighted by Crippen LogP contribution is -2.01. The zero-order valence-corrected chi connectivity index (χ0v) is 9.20. The normalized spacial score (nSPS) is 9.91. The maximum atomic E-state index is 11.0. The average molecular weight is 187 g/mol. The van der Waals surface area contributed by atoms with Gasteiger partial charge in [-0.25, -0.2) is 4.79 Å². The zero-order valence-electron chi connectivity index (χ0n) is 6.38. The van der Waals surface area contributed by atoms with Gasteiger partial charge in [-0.1, -0.05) is 0 Å². The molecule has 0 unspecified atom stereocenters. The highest BCUT2D eigenvalue weighted by molar-refractivity contribution is 7.22. The van der Waals surface area contributed by atoms with E-state index in [1.54, 1.807) is 0 Å². The molecule has 3 nitrogen and oxygen atoms in total. The topological polar surface area (TPSA) is 52.3 Å². The number of nitrogens with two attached hydrogens (primary N) is 1. The van der Waals surface area contributed by atoms with Crippen molar-refractivity contribution in [3.63, 3.8) is 0 Å². The molecule has 0 radical (unpaired) electrons. The molecule has 0 fully saturated rings. The first-order valence-electron chi connectivity index (χ1n) is 3.09. The van der Waals surface area contributed by atoms with Crippen molar-refractivity contribution in [1.82, 2.24) is 0 Å². The number of rotatable bonds is 1. The van der Waals surface area contributed by atoms with E-state index >= 15 is 0 Å². The standard InChI is InChI=1S/C6H9NO2SSi/c1-9-6(8)5-3(7)2-4(11)10-5/h2H,7H2,1,11H3. The van der Waals surface area contributed by atoms with Gasteiger partial charge in [0.2, 0.25) is 0 Å². The van der Waals surface area contributed by atoms with Crippen LogP contribution in [0, 0.1) is 0 Å². The lowest BCUT2D eigenvalue weighted by Gasteiger charge is -1.94. The lowest BCUT2D eigenvalue weighted by molar-refractivity contribution is 0.0607. The van der Waals surface area contributed by atoms with Crippen molar-refractivity contribution in [2.45, 2.75) is 0 Å². The van der Waals surface area contributed by atoms with Gasteiger partial charge in [0.05, 0.1) is 23.0 Å². The maximum absolute atomic E-state index is 11.0. The van der Waals surface area contributed by atoms with E-state index in [-0.39, 0.29) is 5.97 Å². The molecule has 0 amide bonds. The molecule has 0 saturated heterocycles. The predicted octanol–water partition coefficient (Wildman–Crippen LogP) is -0.892. The number of hydrogen-bond donors (Lipinski definition) is 1. The summed E-state index contributed by atoms with van der Waals surface area (Å²) >= 11 is 1.41. The van der Waals surface area contributed by atoms with E-state index in [9.17, 15) is 4.79 Å². The van der Waals surface area contributed by atoms with Gasteiger partial charge in [0.15, 0.2) is 0 Å². The van der Waals surface area contributed by atoms with Gasteiger partial charge >= 0.3 is 5.97 Å². The number of nitrogen functional groups attached to an aromatic ring is 1. The monoisotopic (exact) mass is 187 g/mol. The van der Waals surface area contributed by atoms with Crippen LogP contribution in [0.2, 0.25) is 0 Å². The molecule has 0 bridgehead atoms. The molecular formula is C6H9NO2SSi. The highest BCUT2D eigenvalue weighted by Crippen LogP contribution is 2.16. The van der Waals surface area contributed by atoms with E-state index in [0.717, 1.165) is 14.7 Å². The van der Waals surface area contributed by atoms with Gasteiger partial charge in [-0.15, -0.1) is 11.3 Å². The number of thiophene rings is 1. The number of esters is 1. The van der Waals surface area contributed by atoms with Crippen LogP contribution >= 0.6 is 11.3 Å². The smallest absolute Gasteiger partial charge is 0.350 e. The fourth-order valence-corrected chi connectivity index (χ4v) is 2.56. The minimum atomic E-state index is -0.338. The third kappa shape index (κ3) is 1.61. The zero-order chi connectivity index (χ0) is 8.43. The van der Waals surface area contributed by atoms with Crippen LogP contribution in [-0.4, -0.2) is 23.3 Å². The molecule has 0 aliphatic heterocycles. The van der Waals surface area contributed by atoms with Crippen LogP contribution in [0.4, 0.5) is 5.69 Å². The van der Waals surface area contributed by atoms with Crippen molar-refractivity contribution in [2.75, 3.05) is 12.8 Å². The van der Waals surface area contributed by atoms with E-state index in [2.05, 4.69) is 4.74 Å². The molecule has 1 rings (SSSR count). The molecule has 1 heterocycles. The highest BCUT2D eigenvalue weighted by atomic mass is 32.1. The second-order valence-corrected chi connectivity index (χ2v) is 5.19. The molecule has 0 atom stereocenters. The van der Waals surface area contributed by atoms with Gasteiger partial charge in [0.1, 0.15) is 4.88 Å². The van der Waals surface area contributed by atoms with Crippen LogP contribution in [0.3, 0.4) is 0 Å². The molecule has 11 heavy (non-hydrogen) atoms. The Morgan fingerprint density at radius 2 is 2.45 bits per heavy atom. The number of ether oxygens (including phenoxy) is 1. The third-order valence-corrected chi connectivity index (χ3v) is 3.20. The predicted molar refractivity (Wildman–Crippen MR) is 49.6 cm³/mol. The van der Waals surface area contributed by atoms with Gasteiger partial charge in [-0.05, 0) is 10.6 Å². The molecule has 0 spiro atoms. The molecule has 1 aromatic rings. The lowest BCUT2D eigenvalue weighted by atomic mass is 10.4. The van der Waals surface area contributed by atoms with E-state index in [4.69, 9.17) is 5.73 Å². The van der Waals surface area contributed by atoms with Gasteiger partial charge in [0, 0.05) is 0 Å². The molecular weight excluding hydrogens is 178 g/mol. The number of hydrogen-bond acceptors (Lipinski definition) is 4. The fourth-order valence-electron chi connectivity index (χ4n) is 0.786. The molecule has 0 saturated carbocycles. The van der Waals surface area contributed by atoms with Gasteiger partial charge < -0.3 is 10.5 Å². The molecule has 0 aliphatic rings. The van der Waals surface area contributed by atoms with Crippen molar-refractivity contribution in [2.24, 2.45) is 0 Å². The van der Waals surface area contributed by atoms with E-state index in [1.807, 2.05) is 6.07 Å². The minimum Gasteiger partial charge on any atom is -0.465 e. The van der Waals surface area contributed by atoms with Crippen LogP contribution in [0.1, 0.15) is 9.67 Å². The summed E-state index contributed by atoms with van der Waals surface area (Å²) in [5, 5.41) is 0. The van der Waals surface area contributed by atoms with E-state index in [1.165, 1.54) is 18.4 Å². The molecule has 0 aliphatic carbocycles. The number of carbonyl (C=O) groups excluding carboxylic acids is 1. The first-order valence-corrected chi connectivity index (χ1v) is 4.91. The number of methoxy groups -OCH3 is 1. The third-order valence-electron chi connectivity index (χ3n) is 1.25. The fraction of sp³-hybridized carbons (Fsp3) is 0.167. The quantitative estimate of drug-likeness (QED) is 0.458. The van der Waals surface area contributed by atoms with Gasteiger partial charge in [0.25, 0.3) is 0 Å². The highest BCUT2D eigenvalue weighted by Gasteiger charge is 2.12. The summed E-state index contributed by atoms with van der Waals surface area (Å²) in [5.74, 6) is -0.338. The van der Waals surface area contributed by atoms with E-state index < -0.39 is 0 Å². The number of carbonyl (C=O) groups is 1. The number of anilines is 1. The Morgan fingerprint density at radius 1 is 1.82 bits per heavy atom. The average Bonchev–Trinajstić information content (AvgIpc) is 2.28. The van der Waals surface area contributed by atoms with E-state index in [0.29, 0.717) is 10.6 Å². The Kier molecular flexibility index (Phi) is 2.30. The van der Waals surface area contributed by atoms with Crippen molar-refractivity contribution >= 4 is 37.7 Å². The summed E-state index contributed by atoms with van der Waals surface area (Å²) in [6.45, 7) is 0. The van der Waals surface area contributed by atoms with Crippen molar-refractivity contribution in [3.8, 4) is 0 Å². The first kappa shape index (κ1) is 8.29. The summed E-state index contributed by atoms with van der Waals surface area (Å²) in [6, 6.07) is 1.82. The second kappa shape index (κ2) is 3.06. The van der Waals surface area contributed by atoms with Crippen molar-refractivity contribution < 1.29 is 9.53 Å². The Balaban J connectivity index is 3.03. The van der Waals surface area contributed by atoms with Gasteiger partial charge in [-0.2, -0.15) is 0 Å². The Hall–Kier alpha value is -0.813. The largest absolute Gasteiger partial charge is 0.465 e. The minimum absolute atomic E-state index is 0.338. The Bertz CT molecular complexity index is 284.